The Morgan fingerprint density at radius 1 is 1.20 bits per heavy atom. The van der Waals surface area contributed by atoms with E-state index in [-0.39, 0.29) is 5.91 Å². The Morgan fingerprint density at radius 3 is 2.95 bits per heavy atom. The average molecular weight is 269 g/mol. The first-order valence-corrected chi connectivity index (χ1v) is 7.16. The van der Waals surface area contributed by atoms with Gasteiger partial charge in [0.1, 0.15) is 5.82 Å². The monoisotopic (exact) mass is 269 g/mol. The zero-order valence-electron chi connectivity index (χ0n) is 11.5. The first-order chi connectivity index (χ1) is 9.74. The highest BCUT2D eigenvalue weighted by atomic mass is 16.2. The number of likely N-dealkylation sites (tertiary alicyclic amines) is 1. The van der Waals surface area contributed by atoms with Crippen LogP contribution in [0, 0.1) is 0 Å². The molecule has 104 valence electrons. The third kappa shape index (κ3) is 2.59. The molecule has 3 rings (SSSR count). The van der Waals surface area contributed by atoms with Gasteiger partial charge < -0.3 is 10.6 Å². The Bertz CT molecular complexity index is 639. The van der Waals surface area contributed by atoms with Crippen LogP contribution >= 0.6 is 0 Å². The smallest absolute Gasteiger partial charge is 0.222 e. The fraction of sp³-hybridized carbons (Fsp3) is 0.375. The molecule has 4 nitrogen and oxygen atoms in total. The van der Waals surface area contributed by atoms with Gasteiger partial charge in [-0.2, -0.15) is 0 Å². The van der Waals surface area contributed by atoms with Gasteiger partial charge in [0.2, 0.25) is 5.91 Å². The van der Waals surface area contributed by atoms with Crippen LogP contribution in [0.3, 0.4) is 0 Å². The van der Waals surface area contributed by atoms with E-state index in [9.17, 15) is 4.79 Å². The second-order valence-electron chi connectivity index (χ2n) is 5.35. The van der Waals surface area contributed by atoms with E-state index >= 15 is 0 Å². The lowest BCUT2D eigenvalue weighted by Crippen LogP contribution is -2.30. The Labute approximate surface area is 118 Å². The molecule has 20 heavy (non-hydrogen) atoms. The number of carbonyl (C=O) groups excluding carboxylic acids is 1. The average Bonchev–Trinajstić information content (AvgIpc) is 2.65. The lowest BCUT2D eigenvalue weighted by Gasteiger charge is -2.21. The number of nitrogen functional groups attached to an aromatic ring is 1. The van der Waals surface area contributed by atoms with Crippen LogP contribution in [0.2, 0.25) is 0 Å². The van der Waals surface area contributed by atoms with Crippen LogP contribution in [0.5, 0.6) is 0 Å². The minimum absolute atomic E-state index is 0.232. The van der Waals surface area contributed by atoms with Crippen LogP contribution in [-0.4, -0.2) is 22.3 Å². The SMILES string of the molecule is Nc1nc2ccccc2cc1CN1CCCCCC1=O. The molecule has 0 bridgehead atoms. The molecule has 0 atom stereocenters. The van der Waals surface area contributed by atoms with Crippen molar-refractivity contribution in [1.82, 2.24) is 9.88 Å². The predicted octanol–water partition coefficient (Wildman–Crippen LogP) is 2.72. The minimum Gasteiger partial charge on any atom is -0.383 e. The summed E-state index contributed by atoms with van der Waals surface area (Å²) in [7, 11) is 0. The molecule has 0 radical (unpaired) electrons. The normalized spacial score (nSPS) is 16.4. The van der Waals surface area contributed by atoms with Gasteiger partial charge in [-0.05, 0) is 25.0 Å². The van der Waals surface area contributed by atoms with Crippen LogP contribution in [0.15, 0.2) is 30.3 Å². The van der Waals surface area contributed by atoms with E-state index in [1.54, 1.807) is 0 Å². The van der Waals surface area contributed by atoms with E-state index in [4.69, 9.17) is 5.73 Å². The van der Waals surface area contributed by atoms with Gasteiger partial charge in [-0.1, -0.05) is 24.6 Å². The third-order valence-electron chi connectivity index (χ3n) is 3.87. The maximum absolute atomic E-state index is 12.1. The molecule has 0 saturated carbocycles. The highest BCUT2D eigenvalue weighted by Crippen LogP contribution is 2.21. The molecule has 1 aliphatic heterocycles. The molecule has 1 aromatic heterocycles. The second kappa shape index (κ2) is 5.49. The summed E-state index contributed by atoms with van der Waals surface area (Å²) in [6, 6.07) is 9.96. The molecule has 0 unspecified atom stereocenters. The van der Waals surface area contributed by atoms with Crippen molar-refractivity contribution in [1.29, 1.82) is 0 Å². The van der Waals surface area contributed by atoms with Crippen LogP contribution in [0.1, 0.15) is 31.2 Å². The zero-order valence-corrected chi connectivity index (χ0v) is 11.5. The van der Waals surface area contributed by atoms with Gasteiger partial charge >= 0.3 is 0 Å². The maximum atomic E-state index is 12.1. The molecule has 1 aromatic carbocycles. The van der Waals surface area contributed by atoms with Gasteiger partial charge in [-0.25, -0.2) is 4.98 Å². The van der Waals surface area contributed by atoms with Crippen molar-refractivity contribution in [3.8, 4) is 0 Å². The summed E-state index contributed by atoms with van der Waals surface area (Å²) < 4.78 is 0. The number of nitrogens with two attached hydrogens (primary N) is 1. The van der Waals surface area contributed by atoms with Gasteiger partial charge in [0.15, 0.2) is 0 Å². The molecular weight excluding hydrogens is 250 g/mol. The Hall–Kier alpha value is -2.10. The van der Waals surface area contributed by atoms with Crippen LogP contribution in [0.4, 0.5) is 5.82 Å². The molecule has 2 aromatic rings. The molecule has 2 heterocycles. The molecule has 1 aliphatic rings. The fourth-order valence-corrected chi connectivity index (χ4v) is 2.71. The number of nitrogens with zero attached hydrogens (tertiary/aromatic N) is 2. The lowest BCUT2D eigenvalue weighted by atomic mass is 10.1. The van der Waals surface area contributed by atoms with Crippen LogP contribution in [0.25, 0.3) is 10.9 Å². The Morgan fingerprint density at radius 2 is 2.05 bits per heavy atom. The molecule has 1 fully saturated rings. The number of rotatable bonds is 2. The van der Waals surface area contributed by atoms with E-state index in [1.165, 1.54) is 0 Å². The summed E-state index contributed by atoms with van der Waals surface area (Å²) in [6.45, 7) is 1.40. The summed E-state index contributed by atoms with van der Waals surface area (Å²) in [4.78, 5) is 18.4. The van der Waals surface area contributed by atoms with E-state index in [1.807, 2.05) is 29.2 Å². The summed E-state index contributed by atoms with van der Waals surface area (Å²) in [5, 5.41) is 1.07. The van der Waals surface area contributed by atoms with Crippen molar-refractivity contribution >= 4 is 22.6 Å². The summed E-state index contributed by atoms with van der Waals surface area (Å²) in [5.74, 6) is 0.760. The van der Waals surface area contributed by atoms with E-state index in [2.05, 4.69) is 11.1 Å². The molecule has 0 spiro atoms. The van der Waals surface area contributed by atoms with Gasteiger partial charge in [-0.15, -0.1) is 0 Å². The first-order valence-electron chi connectivity index (χ1n) is 7.16. The molecule has 0 aliphatic carbocycles. The van der Waals surface area contributed by atoms with Gasteiger partial charge in [-0.3, -0.25) is 4.79 Å². The van der Waals surface area contributed by atoms with Gasteiger partial charge in [0.25, 0.3) is 0 Å². The minimum atomic E-state index is 0.232. The summed E-state index contributed by atoms with van der Waals surface area (Å²) in [6.07, 6.45) is 3.86. The first kappa shape index (κ1) is 12.9. The lowest BCUT2D eigenvalue weighted by molar-refractivity contribution is -0.131. The number of pyridine rings is 1. The van der Waals surface area contributed by atoms with E-state index in [0.29, 0.717) is 18.8 Å². The molecular formula is C16H19N3O. The number of hydrogen-bond donors (Lipinski definition) is 1. The Kier molecular flexibility index (Phi) is 3.54. The molecule has 2 N–H and O–H groups in total. The third-order valence-corrected chi connectivity index (χ3v) is 3.87. The molecule has 1 saturated heterocycles. The number of fused-ring (bicyclic) bond motifs is 1. The van der Waals surface area contributed by atoms with E-state index in [0.717, 1.165) is 42.3 Å². The van der Waals surface area contributed by atoms with Crippen LogP contribution < -0.4 is 5.73 Å². The number of amides is 1. The summed E-state index contributed by atoms with van der Waals surface area (Å²) in [5.41, 5.74) is 7.88. The number of carbonyl (C=O) groups is 1. The van der Waals surface area contributed by atoms with Crippen molar-refractivity contribution in [2.45, 2.75) is 32.2 Å². The van der Waals surface area contributed by atoms with E-state index < -0.39 is 0 Å². The highest BCUT2D eigenvalue weighted by molar-refractivity contribution is 5.82. The summed E-state index contributed by atoms with van der Waals surface area (Å²) >= 11 is 0. The van der Waals surface area contributed by atoms with Crippen LogP contribution in [-0.2, 0) is 11.3 Å². The number of anilines is 1. The zero-order chi connectivity index (χ0) is 13.9. The van der Waals surface area contributed by atoms with Crippen molar-refractivity contribution < 1.29 is 4.79 Å². The standard InChI is InChI=1S/C16H19N3O/c17-16-13(10-12-6-3-4-7-14(12)18-16)11-19-9-5-1-2-8-15(19)20/h3-4,6-7,10H,1-2,5,8-9,11H2,(H2,17,18). The van der Waals surface area contributed by atoms with Crippen molar-refractivity contribution in [3.05, 3.63) is 35.9 Å². The topological polar surface area (TPSA) is 59.2 Å². The number of hydrogen-bond acceptors (Lipinski definition) is 3. The number of aromatic nitrogens is 1. The van der Waals surface area contributed by atoms with Gasteiger partial charge in [0, 0.05) is 30.5 Å². The fourth-order valence-electron chi connectivity index (χ4n) is 2.71. The quantitative estimate of drug-likeness (QED) is 0.912. The van der Waals surface area contributed by atoms with Crippen molar-refractivity contribution in [2.24, 2.45) is 0 Å². The van der Waals surface area contributed by atoms with Gasteiger partial charge in [0.05, 0.1) is 5.52 Å². The number of para-hydroxylation sites is 1. The largest absolute Gasteiger partial charge is 0.383 e. The second-order valence-corrected chi connectivity index (χ2v) is 5.35. The van der Waals surface area contributed by atoms with Crippen molar-refractivity contribution in [3.63, 3.8) is 0 Å². The Balaban J connectivity index is 1.89. The number of benzene rings is 1. The predicted molar refractivity (Wildman–Crippen MR) is 80.0 cm³/mol. The highest BCUT2D eigenvalue weighted by Gasteiger charge is 2.18. The van der Waals surface area contributed by atoms with Crippen molar-refractivity contribution in [2.75, 3.05) is 12.3 Å². The molecule has 1 amide bonds. The molecule has 4 heteroatoms. The maximum Gasteiger partial charge on any atom is 0.222 e.